The van der Waals surface area contributed by atoms with Crippen LogP contribution in [0.2, 0.25) is 0 Å². The molecular weight excluding hydrogens is 382 g/mol. The van der Waals surface area contributed by atoms with Gasteiger partial charge in [0.1, 0.15) is 0 Å². The molecule has 1 aromatic carbocycles. The molecule has 6 atom stereocenters. The third kappa shape index (κ3) is 2.29. The third-order valence-corrected chi connectivity index (χ3v) is 9.37. The highest BCUT2D eigenvalue weighted by molar-refractivity contribution is 5.82. The molecular formula is C28H29NO2. The van der Waals surface area contributed by atoms with Gasteiger partial charge in [-0.2, -0.15) is 0 Å². The van der Waals surface area contributed by atoms with Crippen LogP contribution in [0.1, 0.15) is 56.9 Å². The highest BCUT2D eigenvalue weighted by atomic mass is 16.5. The number of aromatic nitrogens is 1. The molecule has 7 rings (SSSR count). The summed E-state index contributed by atoms with van der Waals surface area (Å²) in [5, 5.41) is 12.9. The maximum atomic E-state index is 10.4. The lowest BCUT2D eigenvalue weighted by molar-refractivity contribution is -0.135. The molecule has 2 aliphatic heterocycles. The van der Waals surface area contributed by atoms with E-state index in [4.69, 9.17) is 4.74 Å². The van der Waals surface area contributed by atoms with E-state index in [1.54, 1.807) is 0 Å². The molecule has 0 amide bonds. The molecule has 1 aromatic heterocycles. The van der Waals surface area contributed by atoms with Gasteiger partial charge in [-0.15, -0.1) is 0 Å². The van der Waals surface area contributed by atoms with Crippen molar-refractivity contribution < 1.29 is 9.84 Å². The number of nitrogens with zero attached hydrogens (tertiary/aromatic N) is 1. The maximum absolute atomic E-state index is 10.4. The van der Waals surface area contributed by atoms with E-state index in [0.717, 1.165) is 19.3 Å². The summed E-state index contributed by atoms with van der Waals surface area (Å²) in [4.78, 5) is 4.35. The van der Waals surface area contributed by atoms with Crippen LogP contribution in [0.25, 0.3) is 10.8 Å². The van der Waals surface area contributed by atoms with Crippen molar-refractivity contribution in [2.24, 2.45) is 11.3 Å². The van der Waals surface area contributed by atoms with Crippen molar-refractivity contribution in [3.8, 4) is 0 Å². The van der Waals surface area contributed by atoms with Gasteiger partial charge in [-0.3, -0.25) is 4.98 Å². The second kappa shape index (κ2) is 5.96. The Balaban J connectivity index is 1.32. The average molecular weight is 412 g/mol. The summed E-state index contributed by atoms with van der Waals surface area (Å²) in [7, 11) is 0. The zero-order valence-corrected chi connectivity index (χ0v) is 18.1. The smallest absolute Gasteiger partial charge is 0.0975 e. The van der Waals surface area contributed by atoms with Crippen LogP contribution in [0.5, 0.6) is 0 Å². The zero-order chi connectivity index (χ0) is 20.8. The molecule has 3 heteroatoms. The van der Waals surface area contributed by atoms with Crippen LogP contribution in [-0.2, 0) is 4.74 Å². The lowest BCUT2D eigenvalue weighted by Gasteiger charge is -2.53. The summed E-state index contributed by atoms with van der Waals surface area (Å²) in [5.74, 6) is 1.06. The molecule has 1 saturated carbocycles. The standard InChI is InChI=1S/C28H29NO2/c1-26-10-8-22-15-21-4-5-23(30)16-27(21)11-12-28(22,31-27)25(26)7-6-24(26)19-3-2-18-9-13-29-17-20(18)14-19/h2-5,8-9,13-15,17,23-25,30H,6-7,10-12,16H2,1H3/t23-,24-,25-,26-,27-,28?/m1/s1. The van der Waals surface area contributed by atoms with Crippen LogP contribution in [0, 0.1) is 11.3 Å². The number of aliphatic hydroxyl groups excluding tert-OH is 1. The van der Waals surface area contributed by atoms with Crippen molar-refractivity contribution in [2.75, 3.05) is 0 Å². The Morgan fingerprint density at radius 2 is 2.03 bits per heavy atom. The molecule has 1 saturated heterocycles. The first-order valence-corrected chi connectivity index (χ1v) is 11.9. The van der Waals surface area contributed by atoms with Gasteiger partial charge in [-0.05, 0) is 83.6 Å². The van der Waals surface area contributed by atoms with Gasteiger partial charge in [-0.25, -0.2) is 0 Å². The first-order valence-electron chi connectivity index (χ1n) is 11.9. The summed E-state index contributed by atoms with van der Waals surface area (Å²) in [6, 6.07) is 9.07. The Bertz CT molecular complexity index is 1190. The Morgan fingerprint density at radius 1 is 1.10 bits per heavy atom. The minimum atomic E-state index is -0.393. The van der Waals surface area contributed by atoms with E-state index in [-0.39, 0.29) is 16.6 Å². The first kappa shape index (κ1) is 18.4. The van der Waals surface area contributed by atoms with E-state index < -0.39 is 6.10 Å². The van der Waals surface area contributed by atoms with Crippen molar-refractivity contribution in [2.45, 2.75) is 68.7 Å². The van der Waals surface area contributed by atoms with Crippen LogP contribution < -0.4 is 0 Å². The molecule has 3 aliphatic carbocycles. The minimum Gasteiger partial charge on any atom is -0.389 e. The number of hydrogen-bond acceptors (Lipinski definition) is 3. The van der Waals surface area contributed by atoms with Crippen molar-refractivity contribution in [1.29, 1.82) is 0 Å². The molecule has 2 bridgehead atoms. The van der Waals surface area contributed by atoms with E-state index in [0.29, 0.717) is 18.3 Å². The van der Waals surface area contributed by atoms with Gasteiger partial charge < -0.3 is 9.84 Å². The van der Waals surface area contributed by atoms with E-state index in [1.807, 2.05) is 18.5 Å². The lowest BCUT2D eigenvalue weighted by atomic mass is 9.58. The molecule has 3 heterocycles. The van der Waals surface area contributed by atoms with Gasteiger partial charge in [0, 0.05) is 24.2 Å². The summed E-state index contributed by atoms with van der Waals surface area (Å²) < 4.78 is 7.13. The Labute approximate surface area is 183 Å². The van der Waals surface area contributed by atoms with Gasteiger partial charge in [0.2, 0.25) is 0 Å². The molecule has 0 radical (unpaired) electrons. The Hall–Kier alpha value is -2.23. The Kier molecular flexibility index (Phi) is 3.53. The predicted molar refractivity (Wildman–Crippen MR) is 122 cm³/mol. The number of hydrogen-bond donors (Lipinski definition) is 1. The van der Waals surface area contributed by atoms with E-state index in [2.05, 4.69) is 54.4 Å². The van der Waals surface area contributed by atoms with Gasteiger partial charge in [0.05, 0.1) is 17.3 Å². The van der Waals surface area contributed by atoms with Crippen molar-refractivity contribution >= 4 is 10.8 Å². The number of benzene rings is 1. The van der Waals surface area contributed by atoms with Crippen LogP contribution in [0.3, 0.4) is 0 Å². The lowest BCUT2D eigenvalue weighted by Crippen LogP contribution is -2.53. The summed E-state index contributed by atoms with van der Waals surface area (Å²) in [6.07, 6.45) is 18.7. The van der Waals surface area contributed by atoms with Gasteiger partial charge in [0.15, 0.2) is 0 Å². The molecule has 5 aliphatic rings. The SMILES string of the molecule is C[C@]12CC=C3C=C4C=C[C@@H](O)C[C@]45CCC3(O5)[C@@H]1CC[C@@H]2c1ccc2ccncc2c1. The second-order valence-electron chi connectivity index (χ2n) is 10.8. The highest BCUT2D eigenvalue weighted by Gasteiger charge is 2.66. The molecule has 1 unspecified atom stereocenters. The van der Waals surface area contributed by atoms with Crippen LogP contribution in [0.15, 0.2) is 72.1 Å². The molecule has 1 N–H and O–H groups in total. The molecule has 2 fully saturated rings. The van der Waals surface area contributed by atoms with Crippen LogP contribution in [0.4, 0.5) is 0 Å². The summed E-state index contributed by atoms with van der Waals surface area (Å²) in [5.41, 5.74) is 3.87. The number of allylic oxidation sites excluding steroid dienone is 1. The van der Waals surface area contributed by atoms with E-state index >= 15 is 0 Å². The van der Waals surface area contributed by atoms with Gasteiger partial charge >= 0.3 is 0 Å². The van der Waals surface area contributed by atoms with Crippen LogP contribution >= 0.6 is 0 Å². The topological polar surface area (TPSA) is 42.4 Å². The fourth-order valence-electron chi connectivity index (χ4n) is 7.91. The summed E-state index contributed by atoms with van der Waals surface area (Å²) in [6.45, 7) is 2.51. The number of pyridine rings is 1. The normalized spacial score (nSPS) is 42.6. The Morgan fingerprint density at radius 3 is 2.97 bits per heavy atom. The molecule has 158 valence electrons. The quantitative estimate of drug-likeness (QED) is 0.663. The summed E-state index contributed by atoms with van der Waals surface area (Å²) >= 11 is 0. The number of aliphatic hydroxyl groups is 1. The predicted octanol–water partition coefficient (Wildman–Crippen LogP) is 5.61. The van der Waals surface area contributed by atoms with Crippen molar-refractivity contribution in [1.82, 2.24) is 4.98 Å². The second-order valence-corrected chi connectivity index (χ2v) is 10.8. The minimum absolute atomic E-state index is 0.172. The fourth-order valence-corrected chi connectivity index (χ4v) is 7.91. The van der Waals surface area contributed by atoms with Crippen LogP contribution in [-0.4, -0.2) is 27.4 Å². The van der Waals surface area contributed by atoms with Crippen molar-refractivity contribution in [3.63, 3.8) is 0 Å². The van der Waals surface area contributed by atoms with E-state index in [9.17, 15) is 5.11 Å². The highest BCUT2D eigenvalue weighted by Crippen LogP contribution is 2.68. The van der Waals surface area contributed by atoms with E-state index in [1.165, 1.54) is 40.3 Å². The van der Waals surface area contributed by atoms with Crippen molar-refractivity contribution in [3.05, 3.63) is 77.7 Å². The number of ether oxygens (including phenoxy) is 1. The number of rotatable bonds is 1. The largest absolute Gasteiger partial charge is 0.389 e. The molecule has 31 heavy (non-hydrogen) atoms. The zero-order valence-electron chi connectivity index (χ0n) is 18.1. The average Bonchev–Trinajstić information content (AvgIpc) is 3.28. The first-order chi connectivity index (χ1) is 15.0. The third-order valence-electron chi connectivity index (χ3n) is 9.37. The number of fused-ring (bicyclic) bond motifs is 2. The molecule has 2 aromatic rings. The van der Waals surface area contributed by atoms with Gasteiger partial charge in [0.25, 0.3) is 0 Å². The fraction of sp³-hybridized carbons (Fsp3) is 0.464. The molecule has 2 spiro atoms. The maximum Gasteiger partial charge on any atom is 0.0975 e. The monoisotopic (exact) mass is 411 g/mol. The van der Waals surface area contributed by atoms with Gasteiger partial charge in [-0.1, -0.05) is 43.4 Å². The molecule has 3 nitrogen and oxygen atoms in total.